The van der Waals surface area contributed by atoms with E-state index in [0.29, 0.717) is 0 Å². The second-order valence-electron chi connectivity index (χ2n) is 3.30. The molecule has 0 aliphatic rings. The fraction of sp³-hybridized carbons (Fsp3) is 0.800. The summed E-state index contributed by atoms with van der Waals surface area (Å²) < 4.78 is 0. The maximum atomic E-state index is 3.72. The molecule has 4 nitrogen and oxygen atoms in total. The van der Waals surface area contributed by atoms with Gasteiger partial charge in [-0.1, -0.05) is 0 Å². The molecule has 0 spiro atoms. The summed E-state index contributed by atoms with van der Waals surface area (Å²) in [6.07, 6.45) is 0. The zero-order chi connectivity index (χ0) is 10.6. The van der Waals surface area contributed by atoms with E-state index in [2.05, 4.69) is 41.9 Å². The van der Waals surface area contributed by atoms with Gasteiger partial charge in [-0.3, -0.25) is 0 Å². The highest BCUT2D eigenvalue weighted by atomic mass is 15.1. The molecule has 0 fully saturated rings. The van der Waals surface area contributed by atoms with Crippen molar-refractivity contribution in [2.45, 2.75) is 0 Å². The summed E-state index contributed by atoms with van der Waals surface area (Å²) in [5, 5.41) is 9.38. The minimum atomic E-state index is 0.807. The first-order valence-electron chi connectivity index (χ1n) is 5.20. The summed E-state index contributed by atoms with van der Waals surface area (Å²) in [7, 11) is 5.68. The van der Waals surface area contributed by atoms with Gasteiger partial charge in [-0.2, -0.15) is 0 Å². The van der Waals surface area contributed by atoms with Crippen LogP contribution in [0.5, 0.6) is 0 Å². The van der Waals surface area contributed by atoms with Gasteiger partial charge in [0.05, 0.1) is 0 Å². The van der Waals surface area contributed by atoms with Crippen molar-refractivity contribution in [3.8, 4) is 0 Å². The van der Waals surface area contributed by atoms with Crippen LogP contribution in [0.4, 0.5) is 0 Å². The Morgan fingerprint density at radius 3 is 2.21 bits per heavy atom. The van der Waals surface area contributed by atoms with Crippen molar-refractivity contribution in [1.82, 2.24) is 20.9 Å². The first-order chi connectivity index (χ1) is 6.81. The molecule has 3 N–H and O–H groups in total. The van der Waals surface area contributed by atoms with Crippen LogP contribution in [-0.2, 0) is 0 Å². The van der Waals surface area contributed by atoms with E-state index in [0.717, 1.165) is 45.8 Å². The van der Waals surface area contributed by atoms with Crippen LogP contribution >= 0.6 is 0 Å². The number of rotatable bonds is 10. The smallest absolute Gasteiger partial charge is 0.0104 e. The molecule has 0 aliphatic heterocycles. The highest BCUT2D eigenvalue weighted by Gasteiger charge is 1.95. The second kappa shape index (κ2) is 10.9. The Balaban J connectivity index is 3.06. The van der Waals surface area contributed by atoms with Crippen molar-refractivity contribution < 1.29 is 0 Å². The van der Waals surface area contributed by atoms with Crippen molar-refractivity contribution >= 4 is 0 Å². The van der Waals surface area contributed by atoms with Crippen molar-refractivity contribution in [2.75, 3.05) is 52.9 Å². The summed E-state index contributed by atoms with van der Waals surface area (Å²) in [4.78, 5) is 2.30. The Morgan fingerprint density at radius 1 is 1.00 bits per heavy atom. The van der Waals surface area contributed by atoms with Gasteiger partial charge in [0.2, 0.25) is 0 Å². The molecule has 0 rings (SSSR count). The van der Waals surface area contributed by atoms with Crippen LogP contribution in [0, 0.1) is 14.0 Å². The average Bonchev–Trinajstić information content (AvgIpc) is 2.18. The highest BCUT2D eigenvalue weighted by molar-refractivity contribution is 4.58. The number of hydrogen-bond acceptors (Lipinski definition) is 4. The second-order valence-corrected chi connectivity index (χ2v) is 3.30. The first kappa shape index (κ1) is 13.8. The number of hydrogen-bond donors (Lipinski definition) is 3. The summed E-state index contributed by atoms with van der Waals surface area (Å²) in [5.41, 5.74) is 0. The molecule has 0 aromatic rings. The molecule has 0 atom stereocenters. The van der Waals surface area contributed by atoms with Gasteiger partial charge in [-0.05, 0) is 20.5 Å². The van der Waals surface area contributed by atoms with Crippen LogP contribution in [0.25, 0.3) is 0 Å². The molecular formula is C10H24N4. The molecule has 84 valence electrons. The fourth-order valence-electron chi connectivity index (χ4n) is 1.08. The van der Waals surface area contributed by atoms with E-state index in [1.807, 2.05) is 0 Å². The number of nitrogens with zero attached hydrogens (tertiary/aromatic N) is 1. The van der Waals surface area contributed by atoms with E-state index < -0.39 is 0 Å². The third-order valence-corrected chi connectivity index (χ3v) is 2.00. The summed E-state index contributed by atoms with van der Waals surface area (Å²) in [5.74, 6) is 0. The molecule has 0 unspecified atom stereocenters. The monoisotopic (exact) mass is 200 g/mol. The molecule has 14 heavy (non-hydrogen) atoms. The predicted octanol–water partition coefficient (Wildman–Crippen LogP) is -0.687. The van der Waals surface area contributed by atoms with Crippen LogP contribution < -0.4 is 16.0 Å². The van der Waals surface area contributed by atoms with Gasteiger partial charge < -0.3 is 20.9 Å². The minimum absolute atomic E-state index is 0.807. The van der Waals surface area contributed by atoms with Gasteiger partial charge in [-0.25, -0.2) is 0 Å². The molecular weight excluding hydrogens is 176 g/mol. The molecule has 0 aliphatic carbocycles. The molecule has 0 aromatic carbocycles. The van der Waals surface area contributed by atoms with Gasteiger partial charge in [0.15, 0.2) is 0 Å². The van der Waals surface area contributed by atoms with Gasteiger partial charge in [-0.15, -0.1) is 0 Å². The fourth-order valence-corrected chi connectivity index (χ4v) is 1.08. The van der Waals surface area contributed by atoms with E-state index in [9.17, 15) is 0 Å². The Bertz CT molecular complexity index is 108. The molecule has 4 heteroatoms. The lowest BCUT2D eigenvalue weighted by molar-refractivity contribution is 0.331. The van der Waals surface area contributed by atoms with Crippen LogP contribution in [-0.4, -0.2) is 57.8 Å². The third-order valence-electron chi connectivity index (χ3n) is 2.00. The topological polar surface area (TPSA) is 39.3 Å². The molecule has 2 radical (unpaired) electrons. The number of likely N-dealkylation sites (N-methyl/N-ethyl adjacent to an activating group) is 1. The molecule has 0 saturated heterocycles. The minimum Gasteiger partial charge on any atom is -0.315 e. The molecule has 0 aromatic heterocycles. The molecule has 0 saturated carbocycles. The average molecular weight is 200 g/mol. The molecule has 0 amide bonds. The zero-order valence-electron chi connectivity index (χ0n) is 9.31. The van der Waals surface area contributed by atoms with E-state index >= 15 is 0 Å². The molecule has 0 heterocycles. The Labute approximate surface area is 88.4 Å². The lowest BCUT2D eigenvalue weighted by atomic mass is 10.4. The quantitative estimate of drug-likeness (QED) is 0.408. The Hall–Kier alpha value is -0.160. The summed E-state index contributed by atoms with van der Waals surface area (Å²) in [6.45, 7) is 10.6. The van der Waals surface area contributed by atoms with Gasteiger partial charge in [0, 0.05) is 46.3 Å². The maximum absolute atomic E-state index is 3.72. The Morgan fingerprint density at radius 2 is 1.64 bits per heavy atom. The van der Waals surface area contributed by atoms with Crippen LogP contribution in [0.15, 0.2) is 0 Å². The van der Waals surface area contributed by atoms with Gasteiger partial charge in [0.1, 0.15) is 0 Å². The lowest BCUT2D eigenvalue weighted by Gasteiger charge is -2.16. The first-order valence-corrected chi connectivity index (χ1v) is 5.20. The third kappa shape index (κ3) is 9.92. The van der Waals surface area contributed by atoms with Gasteiger partial charge >= 0.3 is 0 Å². The predicted molar refractivity (Wildman–Crippen MR) is 62.0 cm³/mol. The van der Waals surface area contributed by atoms with Gasteiger partial charge in [0.25, 0.3) is 0 Å². The van der Waals surface area contributed by atoms with E-state index in [1.54, 1.807) is 0 Å². The highest BCUT2D eigenvalue weighted by Crippen LogP contribution is 1.78. The zero-order valence-corrected chi connectivity index (χ0v) is 9.31. The van der Waals surface area contributed by atoms with E-state index in [1.165, 1.54) is 0 Å². The SMILES string of the molecule is [CH2]CNCCN(C)CCNCCN[CH2]. The normalized spacial score (nSPS) is 11.1. The van der Waals surface area contributed by atoms with E-state index in [-0.39, 0.29) is 0 Å². The molecule has 0 bridgehead atoms. The Kier molecular flexibility index (Phi) is 10.8. The van der Waals surface area contributed by atoms with Crippen LogP contribution in [0.2, 0.25) is 0 Å². The summed E-state index contributed by atoms with van der Waals surface area (Å²) >= 11 is 0. The largest absolute Gasteiger partial charge is 0.315 e. The maximum Gasteiger partial charge on any atom is 0.0104 e. The standard InChI is InChI=1S/C10H24N4/c1-4-12-7-9-14(3)10-8-13-6-5-11-2/h11-13H,1-2,4-10H2,3H3. The van der Waals surface area contributed by atoms with Crippen LogP contribution in [0.3, 0.4) is 0 Å². The van der Waals surface area contributed by atoms with Crippen molar-refractivity contribution in [3.63, 3.8) is 0 Å². The summed E-state index contributed by atoms with van der Waals surface area (Å²) in [6, 6.07) is 0. The van der Waals surface area contributed by atoms with Crippen molar-refractivity contribution in [2.24, 2.45) is 0 Å². The lowest BCUT2D eigenvalue weighted by Crippen LogP contribution is -2.35. The van der Waals surface area contributed by atoms with Crippen molar-refractivity contribution in [1.29, 1.82) is 0 Å². The van der Waals surface area contributed by atoms with Crippen molar-refractivity contribution in [3.05, 3.63) is 14.0 Å². The van der Waals surface area contributed by atoms with E-state index in [4.69, 9.17) is 0 Å². The number of nitrogens with one attached hydrogen (secondary N) is 3. The van der Waals surface area contributed by atoms with Crippen LogP contribution in [0.1, 0.15) is 0 Å².